The van der Waals surface area contributed by atoms with Crippen LogP contribution < -0.4 is 10.1 Å². The van der Waals surface area contributed by atoms with E-state index in [1.807, 2.05) is 0 Å². The number of hydrogen-bond acceptors (Lipinski definition) is 3. The molecule has 0 aliphatic carbocycles. The summed E-state index contributed by atoms with van der Waals surface area (Å²) in [5.41, 5.74) is -0.0173. The van der Waals surface area contributed by atoms with Crippen molar-refractivity contribution in [1.29, 1.82) is 0 Å². The summed E-state index contributed by atoms with van der Waals surface area (Å²) in [4.78, 5) is 11.6. The van der Waals surface area contributed by atoms with Crippen LogP contribution in [-0.4, -0.2) is 24.2 Å². The number of aromatic hydroxyl groups is 1. The number of phenolic OH excluding ortho intramolecular Hbond substituents is 1. The van der Waals surface area contributed by atoms with Gasteiger partial charge in [-0.1, -0.05) is 24.3 Å². The molecule has 0 aliphatic heterocycles. The van der Waals surface area contributed by atoms with Gasteiger partial charge >= 0.3 is 6.18 Å². The van der Waals surface area contributed by atoms with E-state index in [9.17, 15) is 23.1 Å². The lowest BCUT2D eigenvalue weighted by atomic mass is 10.1. The van der Waals surface area contributed by atoms with Crippen molar-refractivity contribution in [3.05, 3.63) is 59.7 Å². The molecule has 0 aromatic heterocycles. The number of alkyl halides is 3. The van der Waals surface area contributed by atoms with Gasteiger partial charge in [-0.3, -0.25) is 4.79 Å². The molecule has 7 heteroatoms. The zero-order chi connectivity index (χ0) is 17.6. The smallest absolute Gasteiger partial charge is 0.416 e. The van der Waals surface area contributed by atoms with Gasteiger partial charge in [0, 0.05) is 6.54 Å². The highest BCUT2D eigenvalue weighted by Gasteiger charge is 2.29. The molecule has 2 N–H and O–H groups in total. The first-order chi connectivity index (χ1) is 11.4. The first-order valence-corrected chi connectivity index (χ1v) is 7.20. The summed E-state index contributed by atoms with van der Waals surface area (Å²) >= 11 is 0. The van der Waals surface area contributed by atoms with Crippen LogP contribution in [0.3, 0.4) is 0 Å². The molecule has 2 rings (SSSR count). The molecule has 0 fully saturated rings. The van der Waals surface area contributed by atoms with Gasteiger partial charge in [0.05, 0.1) is 5.56 Å². The number of benzene rings is 2. The van der Waals surface area contributed by atoms with Crippen LogP contribution in [0.5, 0.6) is 11.5 Å². The Morgan fingerprint density at radius 2 is 1.75 bits per heavy atom. The molecule has 2 aromatic rings. The van der Waals surface area contributed by atoms with E-state index in [2.05, 4.69) is 5.32 Å². The van der Waals surface area contributed by atoms with Crippen molar-refractivity contribution in [1.82, 2.24) is 5.32 Å². The summed E-state index contributed by atoms with van der Waals surface area (Å²) in [6.45, 7) is 0.0128. The quantitative estimate of drug-likeness (QED) is 0.850. The number of nitrogens with one attached hydrogen (secondary N) is 1. The van der Waals surface area contributed by atoms with E-state index in [4.69, 9.17) is 4.74 Å². The van der Waals surface area contributed by atoms with Crippen molar-refractivity contribution in [2.75, 3.05) is 13.2 Å². The zero-order valence-corrected chi connectivity index (χ0v) is 12.6. The lowest BCUT2D eigenvalue weighted by Crippen LogP contribution is -2.30. The Balaban J connectivity index is 1.74. The average molecular weight is 339 g/mol. The number of amides is 1. The number of hydrogen-bond donors (Lipinski definition) is 2. The van der Waals surface area contributed by atoms with Crippen LogP contribution in [0.1, 0.15) is 11.1 Å². The first kappa shape index (κ1) is 17.7. The summed E-state index contributed by atoms with van der Waals surface area (Å²) in [7, 11) is 0. The van der Waals surface area contributed by atoms with Crippen molar-refractivity contribution in [2.24, 2.45) is 0 Å². The molecule has 0 aliphatic rings. The van der Waals surface area contributed by atoms with Gasteiger partial charge in [-0.2, -0.15) is 13.2 Å². The second kappa shape index (κ2) is 7.72. The Morgan fingerprint density at radius 3 is 2.38 bits per heavy atom. The van der Waals surface area contributed by atoms with Crippen molar-refractivity contribution in [2.45, 2.75) is 12.6 Å². The molecule has 0 bridgehead atoms. The predicted octanol–water partition coefficient (Wildman–Crippen LogP) is 3.15. The Labute approximate surface area is 136 Å². The molecule has 0 saturated heterocycles. The van der Waals surface area contributed by atoms with E-state index in [0.29, 0.717) is 12.0 Å². The molecule has 24 heavy (non-hydrogen) atoms. The van der Waals surface area contributed by atoms with Gasteiger partial charge in [0.25, 0.3) is 5.91 Å². The molecule has 0 spiro atoms. The zero-order valence-electron chi connectivity index (χ0n) is 12.6. The van der Waals surface area contributed by atoms with E-state index in [1.165, 1.54) is 24.3 Å². The lowest BCUT2D eigenvalue weighted by molar-refractivity contribution is -0.137. The third kappa shape index (κ3) is 5.19. The minimum Gasteiger partial charge on any atom is -0.504 e. The van der Waals surface area contributed by atoms with Crippen LogP contribution in [0.4, 0.5) is 13.2 Å². The maximum atomic E-state index is 12.4. The molecule has 0 atom stereocenters. The topological polar surface area (TPSA) is 58.6 Å². The third-order valence-corrected chi connectivity index (χ3v) is 3.24. The van der Waals surface area contributed by atoms with E-state index in [0.717, 1.165) is 12.1 Å². The van der Waals surface area contributed by atoms with E-state index in [1.54, 1.807) is 12.1 Å². The highest BCUT2D eigenvalue weighted by atomic mass is 19.4. The summed E-state index contributed by atoms with van der Waals surface area (Å²) in [6.07, 6.45) is -3.95. The van der Waals surface area contributed by atoms with Crippen LogP contribution in [0.25, 0.3) is 0 Å². The molecule has 2 aromatic carbocycles. The molecule has 4 nitrogen and oxygen atoms in total. The maximum absolute atomic E-state index is 12.4. The van der Waals surface area contributed by atoms with Gasteiger partial charge in [0.1, 0.15) is 0 Å². The second-order valence-electron chi connectivity index (χ2n) is 5.05. The van der Waals surface area contributed by atoms with E-state index in [-0.39, 0.29) is 30.6 Å². The second-order valence-corrected chi connectivity index (χ2v) is 5.05. The van der Waals surface area contributed by atoms with Gasteiger partial charge in [-0.25, -0.2) is 0 Å². The number of para-hydroxylation sites is 2. The average Bonchev–Trinajstić information content (AvgIpc) is 2.54. The van der Waals surface area contributed by atoms with Crippen molar-refractivity contribution < 1.29 is 27.8 Å². The van der Waals surface area contributed by atoms with E-state index >= 15 is 0 Å². The Morgan fingerprint density at radius 1 is 1.08 bits per heavy atom. The van der Waals surface area contributed by atoms with Crippen molar-refractivity contribution >= 4 is 5.91 Å². The predicted molar refractivity (Wildman–Crippen MR) is 81.8 cm³/mol. The number of carbonyl (C=O) groups is 1. The Kier molecular flexibility index (Phi) is 5.68. The Hall–Kier alpha value is -2.70. The molecule has 0 radical (unpaired) electrons. The van der Waals surface area contributed by atoms with Crippen LogP contribution in [0.2, 0.25) is 0 Å². The number of ether oxygens (including phenoxy) is 1. The molecular weight excluding hydrogens is 323 g/mol. The van der Waals surface area contributed by atoms with E-state index < -0.39 is 11.7 Å². The van der Waals surface area contributed by atoms with Gasteiger partial charge in [0.2, 0.25) is 0 Å². The lowest BCUT2D eigenvalue weighted by Gasteiger charge is -2.09. The number of halogens is 3. The Bertz CT molecular complexity index is 684. The summed E-state index contributed by atoms with van der Waals surface area (Å²) in [6, 6.07) is 11.1. The molecule has 0 unspecified atom stereocenters. The van der Waals surface area contributed by atoms with Gasteiger partial charge in [-0.05, 0) is 36.2 Å². The number of carbonyl (C=O) groups excluding carboxylic acids is 1. The first-order valence-electron chi connectivity index (χ1n) is 7.20. The van der Waals surface area contributed by atoms with Crippen molar-refractivity contribution in [3.8, 4) is 11.5 Å². The fourth-order valence-corrected chi connectivity index (χ4v) is 1.98. The van der Waals surface area contributed by atoms with Crippen LogP contribution >= 0.6 is 0 Å². The van der Waals surface area contributed by atoms with Crippen LogP contribution in [-0.2, 0) is 17.4 Å². The highest BCUT2D eigenvalue weighted by molar-refractivity contribution is 5.77. The normalized spacial score (nSPS) is 11.1. The summed E-state index contributed by atoms with van der Waals surface area (Å²) in [5, 5.41) is 12.1. The molecule has 0 saturated carbocycles. The molecular formula is C17H16F3NO3. The summed E-state index contributed by atoms with van der Waals surface area (Å²) in [5.74, 6) is -0.240. The van der Waals surface area contributed by atoms with Crippen molar-refractivity contribution in [3.63, 3.8) is 0 Å². The fourth-order valence-electron chi connectivity index (χ4n) is 1.98. The minimum absolute atomic E-state index is 0.0601. The molecule has 128 valence electrons. The number of rotatable bonds is 6. The monoisotopic (exact) mass is 339 g/mol. The minimum atomic E-state index is -4.35. The maximum Gasteiger partial charge on any atom is 0.416 e. The number of phenols is 1. The van der Waals surface area contributed by atoms with Gasteiger partial charge in [-0.15, -0.1) is 0 Å². The standard InChI is InChI=1S/C17H16F3NO3/c18-17(19,20)13-7-5-12(6-8-13)9-10-21-16(23)11-24-15-4-2-1-3-14(15)22/h1-8,22H,9-11H2,(H,21,23). The van der Waals surface area contributed by atoms with Gasteiger partial charge in [0.15, 0.2) is 18.1 Å². The third-order valence-electron chi connectivity index (χ3n) is 3.24. The van der Waals surface area contributed by atoms with Gasteiger partial charge < -0.3 is 15.2 Å². The van der Waals surface area contributed by atoms with Crippen LogP contribution in [0, 0.1) is 0 Å². The fraction of sp³-hybridized carbons (Fsp3) is 0.235. The van der Waals surface area contributed by atoms with Crippen LogP contribution in [0.15, 0.2) is 48.5 Å². The highest BCUT2D eigenvalue weighted by Crippen LogP contribution is 2.29. The summed E-state index contributed by atoms with van der Waals surface area (Å²) < 4.78 is 42.5. The SMILES string of the molecule is O=C(COc1ccccc1O)NCCc1ccc(C(F)(F)F)cc1. The largest absolute Gasteiger partial charge is 0.504 e. The molecule has 0 heterocycles. The molecule has 1 amide bonds.